The number of tetrazole rings is 1. The Hall–Kier alpha value is -3.32. The molecule has 31 heavy (non-hydrogen) atoms. The normalized spacial score (nSPS) is 12.5. The van der Waals surface area contributed by atoms with Gasteiger partial charge >= 0.3 is 0 Å². The molecule has 0 spiro atoms. The van der Waals surface area contributed by atoms with Gasteiger partial charge in [0.1, 0.15) is 6.04 Å². The van der Waals surface area contributed by atoms with Crippen molar-refractivity contribution >= 4 is 10.9 Å². The van der Waals surface area contributed by atoms with E-state index in [2.05, 4.69) is 52.2 Å². The Morgan fingerprint density at radius 3 is 2.52 bits per heavy atom. The first-order valence-corrected chi connectivity index (χ1v) is 10.7. The zero-order chi connectivity index (χ0) is 22.0. The van der Waals surface area contributed by atoms with Gasteiger partial charge in [-0.2, -0.15) is 0 Å². The van der Waals surface area contributed by atoms with Crippen LogP contribution in [0.5, 0.6) is 0 Å². The summed E-state index contributed by atoms with van der Waals surface area (Å²) in [5.41, 5.74) is 4.77. The number of benzene rings is 2. The molecule has 0 aliphatic heterocycles. The minimum absolute atomic E-state index is 0.108. The molecule has 0 saturated carbocycles. The lowest BCUT2D eigenvalue weighted by molar-refractivity contribution is 0.235. The number of pyridine rings is 1. The minimum atomic E-state index is -0.345. The summed E-state index contributed by atoms with van der Waals surface area (Å²) in [6.07, 6.45) is 0. The van der Waals surface area contributed by atoms with Crippen molar-refractivity contribution in [3.05, 3.63) is 87.0 Å². The molecule has 7 nitrogen and oxygen atoms in total. The van der Waals surface area contributed by atoms with Crippen LogP contribution in [0.1, 0.15) is 48.0 Å². The minimum Gasteiger partial charge on any atom is -0.322 e. The standard InChI is InChI=1S/C24H28N6O/c1-5-29(6-2)22(23-26-27-28-30(23)15-18-10-8-7-9-11-18)20-14-19-17(4)12-16(3)13-21(19)25-24(20)31/h7-14,22H,5-6,15H2,1-4H3,(H,25,31). The lowest BCUT2D eigenvalue weighted by Gasteiger charge is -2.28. The van der Waals surface area contributed by atoms with E-state index in [1.54, 1.807) is 4.68 Å². The van der Waals surface area contributed by atoms with E-state index in [-0.39, 0.29) is 11.6 Å². The first-order valence-electron chi connectivity index (χ1n) is 10.7. The maximum absolute atomic E-state index is 13.2. The van der Waals surface area contributed by atoms with Crippen molar-refractivity contribution in [3.63, 3.8) is 0 Å². The van der Waals surface area contributed by atoms with Crippen LogP contribution in [0.2, 0.25) is 0 Å². The topological polar surface area (TPSA) is 79.7 Å². The number of aryl methyl sites for hydroxylation is 2. The monoisotopic (exact) mass is 416 g/mol. The summed E-state index contributed by atoms with van der Waals surface area (Å²) in [5.74, 6) is 0.669. The van der Waals surface area contributed by atoms with Crippen molar-refractivity contribution in [2.45, 2.75) is 40.3 Å². The average Bonchev–Trinajstić information content (AvgIpc) is 3.20. The van der Waals surface area contributed by atoms with Crippen LogP contribution in [0.15, 0.2) is 53.3 Å². The quantitative estimate of drug-likeness (QED) is 0.498. The fourth-order valence-corrected chi connectivity index (χ4v) is 4.26. The Labute approximate surface area is 181 Å². The summed E-state index contributed by atoms with van der Waals surface area (Å²) in [4.78, 5) is 18.5. The summed E-state index contributed by atoms with van der Waals surface area (Å²) < 4.78 is 1.80. The van der Waals surface area contributed by atoms with Crippen LogP contribution in [-0.2, 0) is 6.54 Å². The van der Waals surface area contributed by atoms with Crippen molar-refractivity contribution in [1.29, 1.82) is 0 Å². The molecule has 2 aromatic carbocycles. The third-order valence-electron chi connectivity index (χ3n) is 5.79. The van der Waals surface area contributed by atoms with E-state index >= 15 is 0 Å². The van der Waals surface area contributed by atoms with Crippen LogP contribution < -0.4 is 5.56 Å². The Balaban J connectivity index is 1.87. The van der Waals surface area contributed by atoms with Gasteiger partial charge < -0.3 is 4.98 Å². The van der Waals surface area contributed by atoms with Crippen LogP contribution >= 0.6 is 0 Å². The Morgan fingerprint density at radius 1 is 1.06 bits per heavy atom. The van der Waals surface area contributed by atoms with E-state index in [4.69, 9.17) is 0 Å². The number of aromatic amines is 1. The molecule has 0 radical (unpaired) electrons. The number of hydrogen-bond acceptors (Lipinski definition) is 5. The zero-order valence-corrected chi connectivity index (χ0v) is 18.5. The molecular weight excluding hydrogens is 388 g/mol. The molecule has 160 valence electrons. The van der Waals surface area contributed by atoms with E-state index in [0.717, 1.165) is 40.7 Å². The number of H-pyrrole nitrogens is 1. The molecule has 0 amide bonds. The van der Waals surface area contributed by atoms with Crippen molar-refractivity contribution in [1.82, 2.24) is 30.1 Å². The predicted octanol–water partition coefficient (Wildman–Crippen LogP) is 3.61. The molecule has 4 aromatic rings. The third kappa shape index (κ3) is 4.14. The predicted molar refractivity (Wildman–Crippen MR) is 122 cm³/mol. The average molecular weight is 417 g/mol. The SMILES string of the molecule is CCN(CC)C(c1cc2c(C)cc(C)cc2[nH]c1=O)c1nnnn1Cc1ccccc1. The Kier molecular flexibility index (Phi) is 5.95. The van der Waals surface area contributed by atoms with Crippen molar-refractivity contribution in [2.75, 3.05) is 13.1 Å². The van der Waals surface area contributed by atoms with Crippen LogP contribution in [0.25, 0.3) is 10.9 Å². The molecular formula is C24H28N6O. The molecule has 2 heterocycles. The fourth-order valence-electron chi connectivity index (χ4n) is 4.26. The highest BCUT2D eigenvalue weighted by Crippen LogP contribution is 2.28. The number of aromatic nitrogens is 5. The molecule has 7 heteroatoms. The van der Waals surface area contributed by atoms with E-state index < -0.39 is 0 Å². The molecule has 1 N–H and O–H groups in total. The fraction of sp³-hybridized carbons (Fsp3) is 0.333. The first-order chi connectivity index (χ1) is 15.0. The maximum Gasteiger partial charge on any atom is 0.253 e. The summed E-state index contributed by atoms with van der Waals surface area (Å²) in [5, 5.41) is 13.6. The highest BCUT2D eigenvalue weighted by atomic mass is 16.1. The molecule has 0 fully saturated rings. The van der Waals surface area contributed by atoms with Crippen molar-refractivity contribution in [3.8, 4) is 0 Å². The summed E-state index contributed by atoms with van der Waals surface area (Å²) in [6.45, 7) is 10.4. The van der Waals surface area contributed by atoms with Gasteiger partial charge in [0.15, 0.2) is 5.82 Å². The molecule has 2 aromatic heterocycles. The van der Waals surface area contributed by atoms with E-state index in [0.29, 0.717) is 17.9 Å². The number of rotatable bonds is 7. The van der Waals surface area contributed by atoms with Crippen LogP contribution in [-0.4, -0.2) is 43.2 Å². The molecule has 0 aliphatic rings. The lowest BCUT2D eigenvalue weighted by Crippen LogP contribution is -2.35. The smallest absolute Gasteiger partial charge is 0.253 e. The highest BCUT2D eigenvalue weighted by molar-refractivity contribution is 5.83. The maximum atomic E-state index is 13.2. The summed E-state index contributed by atoms with van der Waals surface area (Å²) in [6, 6.07) is 15.9. The Morgan fingerprint density at radius 2 is 1.81 bits per heavy atom. The van der Waals surface area contributed by atoms with Gasteiger partial charge in [0, 0.05) is 16.5 Å². The second kappa shape index (κ2) is 8.81. The molecule has 0 aliphatic carbocycles. The van der Waals surface area contributed by atoms with Gasteiger partial charge in [-0.25, -0.2) is 4.68 Å². The van der Waals surface area contributed by atoms with Crippen molar-refractivity contribution < 1.29 is 0 Å². The summed E-state index contributed by atoms with van der Waals surface area (Å²) in [7, 11) is 0. The molecule has 4 rings (SSSR count). The molecule has 0 bridgehead atoms. The van der Waals surface area contributed by atoms with Crippen molar-refractivity contribution in [2.24, 2.45) is 0 Å². The van der Waals surface area contributed by atoms with E-state index in [1.165, 1.54) is 0 Å². The molecule has 0 saturated heterocycles. The van der Waals surface area contributed by atoms with E-state index in [9.17, 15) is 4.79 Å². The first kappa shape index (κ1) is 20.9. The zero-order valence-electron chi connectivity index (χ0n) is 18.5. The van der Waals surface area contributed by atoms with Gasteiger partial charge in [0.05, 0.1) is 6.54 Å². The van der Waals surface area contributed by atoms with Crippen LogP contribution in [0.4, 0.5) is 0 Å². The number of hydrogen-bond donors (Lipinski definition) is 1. The van der Waals surface area contributed by atoms with Gasteiger partial charge in [0.2, 0.25) is 0 Å². The summed E-state index contributed by atoms with van der Waals surface area (Å²) >= 11 is 0. The number of nitrogens with one attached hydrogen (secondary N) is 1. The number of nitrogens with zero attached hydrogens (tertiary/aromatic N) is 5. The molecule has 1 atom stereocenters. The van der Waals surface area contributed by atoms with Gasteiger partial charge in [-0.1, -0.05) is 50.2 Å². The van der Waals surface area contributed by atoms with Gasteiger partial charge in [-0.3, -0.25) is 9.69 Å². The second-order valence-corrected chi connectivity index (χ2v) is 7.90. The lowest BCUT2D eigenvalue weighted by atomic mass is 10.00. The highest BCUT2D eigenvalue weighted by Gasteiger charge is 2.29. The van der Waals surface area contributed by atoms with Gasteiger partial charge in [-0.15, -0.1) is 5.10 Å². The van der Waals surface area contributed by atoms with Gasteiger partial charge in [0.25, 0.3) is 5.56 Å². The van der Waals surface area contributed by atoms with Gasteiger partial charge in [-0.05, 0) is 66.2 Å². The largest absolute Gasteiger partial charge is 0.322 e. The Bertz CT molecular complexity index is 1240. The van der Waals surface area contributed by atoms with Crippen LogP contribution in [0, 0.1) is 13.8 Å². The third-order valence-corrected chi connectivity index (χ3v) is 5.79. The van der Waals surface area contributed by atoms with Crippen LogP contribution in [0.3, 0.4) is 0 Å². The molecule has 1 unspecified atom stereocenters. The second-order valence-electron chi connectivity index (χ2n) is 7.90. The van der Waals surface area contributed by atoms with E-state index in [1.807, 2.05) is 49.4 Å². The number of fused-ring (bicyclic) bond motifs is 1.